The van der Waals surface area contributed by atoms with Crippen molar-refractivity contribution in [2.75, 3.05) is 87.1 Å². The van der Waals surface area contributed by atoms with Gasteiger partial charge in [-0.1, -0.05) is 18.2 Å². The fourth-order valence-corrected chi connectivity index (χ4v) is 17.1. The highest BCUT2D eigenvalue weighted by Gasteiger charge is 2.37. The van der Waals surface area contributed by atoms with E-state index in [0.29, 0.717) is 136 Å². The van der Waals surface area contributed by atoms with Crippen molar-refractivity contribution in [1.82, 2.24) is 93.4 Å². The topological polar surface area (TPSA) is 311 Å². The van der Waals surface area contributed by atoms with E-state index in [4.69, 9.17) is 34.6 Å². The van der Waals surface area contributed by atoms with Crippen LogP contribution in [0.15, 0.2) is 110 Å². The molecule has 8 aliphatic rings. The van der Waals surface area contributed by atoms with E-state index in [0.717, 1.165) is 144 Å². The number of anilines is 8. The van der Waals surface area contributed by atoms with Crippen LogP contribution in [0.5, 0.6) is 0 Å². The lowest BCUT2D eigenvalue weighted by molar-refractivity contribution is -0.130. The number of nitrogens with zero attached hydrogens (tertiary/aromatic N) is 18. The highest BCUT2D eigenvalue weighted by atomic mass is 19.1. The number of hydrogen-bond acceptors (Lipinski definition) is 19. The third-order valence-corrected chi connectivity index (χ3v) is 23.9. The summed E-state index contributed by atoms with van der Waals surface area (Å²) in [7, 11) is 5.43. The molecule has 4 fully saturated rings. The van der Waals surface area contributed by atoms with Crippen LogP contribution < -0.4 is 26.6 Å². The van der Waals surface area contributed by atoms with E-state index < -0.39 is 0 Å². The monoisotopic (exact) mass is 1680 g/mol. The number of aryl methyl sites for hydroxylation is 4. The van der Waals surface area contributed by atoms with Crippen molar-refractivity contribution in [3.05, 3.63) is 184 Å². The van der Waals surface area contributed by atoms with Crippen LogP contribution in [0.3, 0.4) is 0 Å². The number of ether oxygens (including phenoxy) is 3. The Hall–Kier alpha value is -12.4. The Labute approximate surface area is 711 Å². The number of amides is 5. The van der Waals surface area contributed by atoms with E-state index in [2.05, 4.69) is 46.6 Å². The number of nitrogens with one attached hydrogen (secondary N) is 5. The summed E-state index contributed by atoms with van der Waals surface area (Å²) in [6, 6.07) is 21.7. The number of hydrogen-bond donors (Lipinski definition) is 5. The normalized spacial score (nSPS) is 17.7. The molecule has 31 nitrogen and oxygen atoms in total. The quantitative estimate of drug-likeness (QED) is 0.0533. The van der Waals surface area contributed by atoms with Gasteiger partial charge in [0, 0.05) is 241 Å². The average Bonchev–Trinajstić information content (AvgIpc) is 1.64. The maximum atomic E-state index is 15.4. The van der Waals surface area contributed by atoms with Crippen LogP contribution in [0.2, 0.25) is 0 Å². The third kappa shape index (κ3) is 19.0. The number of benzene rings is 4. The van der Waals surface area contributed by atoms with Gasteiger partial charge in [-0.25, -0.2) is 13.2 Å². The van der Waals surface area contributed by atoms with E-state index >= 15 is 4.39 Å². The van der Waals surface area contributed by atoms with Crippen molar-refractivity contribution in [2.45, 2.75) is 163 Å². The van der Waals surface area contributed by atoms with Gasteiger partial charge in [-0.2, -0.15) is 35.7 Å². The summed E-state index contributed by atoms with van der Waals surface area (Å²) in [5.74, 6) is 2.41. The molecule has 3 atom stereocenters. The molecule has 123 heavy (non-hydrogen) atoms. The van der Waals surface area contributed by atoms with Gasteiger partial charge in [-0.05, 0) is 125 Å². The molecular formula is C89H106F3N23O8. The summed E-state index contributed by atoms with van der Waals surface area (Å²) in [4.78, 5) is 67.6. The van der Waals surface area contributed by atoms with Crippen molar-refractivity contribution < 1.29 is 51.4 Å². The largest absolute Gasteiger partial charge is 0.379 e. The van der Waals surface area contributed by atoms with E-state index in [1.54, 1.807) is 121 Å². The Balaban J connectivity index is 0.000000121. The molecule has 7 aliphatic heterocycles. The van der Waals surface area contributed by atoms with Crippen molar-refractivity contribution in [3.63, 3.8) is 0 Å². The van der Waals surface area contributed by atoms with Crippen LogP contribution >= 0.6 is 0 Å². The number of halogens is 3. The van der Waals surface area contributed by atoms with Gasteiger partial charge >= 0.3 is 0 Å². The molecule has 7 aromatic heterocycles. The molecule has 0 spiro atoms. The fraction of sp³-hybridized carbons (Fsp3) is 0.438. The first-order chi connectivity index (χ1) is 59.3. The molecule has 4 aromatic carbocycles. The molecule has 3 saturated heterocycles. The lowest BCUT2D eigenvalue weighted by Crippen LogP contribution is -2.35. The Morgan fingerprint density at radius 1 is 0.463 bits per heavy atom. The van der Waals surface area contributed by atoms with E-state index in [1.165, 1.54) is 30.7 Å². The summed E-state index contributed by atoms with van der Waals surface area (Å²) < 4.78 is 75.0. The lowest BCUT2D eigenvalue weighted by Gasteiger charge is -2.27. The molecule has 3 unspecified atom stereocenters. The Kier molecular flexibility index (Phi) is 24.9. The van der Waals surface area contributed by atoms with Gasteiger partial charge in [-0.15, -0.1) is 0 Å². The smallest absolute Gasteiger partial charge is 0.251 e. The van der Waals surface area contributed by atoms with Gasteiger partial charge in [0.2, 0.25) is 23.6 Å². The van der Waals surface area contributed by atoms with Gasteiger partial charge in [0.25, 0.3) is 5.91 Å². The Bertz CT molecular complexity index is 5750. The van der Waals surface area contributed by atoms with Crippen LogP contribution in [0.25, 0.3) is 33.4 Å². The van der Waals surface area contributed by atoms with Gasteiger partial charge < -0.3 is 60.4 Å². The zero-order valence-electron chi connectivity index (χ0n) is 71.2. The van der Waals surface area contributed by atoms with Gasteiger partial charge in [0.05, 0.1) is 94.1 Å². The molecule has 1 aliphatic carbocycles. The highest BCUT2D eigenvalue weighted by molar-refractivity contribution is 5.96. The molecule has 11 aromatic rings. The van der Waals surface area contributed by atoms with Crippen LogP contribution in [0.1, 0.15) is 153 Å². The first-order valence-corrected chi connectivity index (χ1v) is 42.3. The lowest BCUT2D eigenvalue weighted by atomic mass is 10.1. The van der Waals surface area contributed by atoms with Crippen molar-refractivity contribution in [3.8, 4) is 33.4 Å². The first kappa shape index (κ1) is 84.2. The summed E-state index contributed by atoms with van der Waals surface area (Å²) >= 11 is 0. The number of fused-ring (bicyclic) bond motifs is 4. The Morgan fingerprint density at radius 2 is 0.919 bits per heavy atom. The minimum absolute atomic E-state index is 0.0262. The number of carbonyl (C=O) groups excluding carboxylic acids is 5. The van der Waals surface area contributed by atoms with Crippen LogP contribution in [0, 0.1) is 30.3 Å². The van der Waals surface area contributed by atoms with Crippen LogP contribution in [0.4, 0.5) is 59.2 Å². The Morgan fingerprint density at radius 3 is 1.37 bits per heavy atom. The molecule has 0 bridgehead atoms. The zero-order valence-corrected chi connectivity index (χ0v) is 71.2. The molecule has 14 heterocycles. The van der Waals surface area contributed by atoms with Gasteiger partial charge in [0.15, 0.2) is 29.1 Å². The molecular weight excluding hydrogens is 1580 g/mol. The highest BCUT2D eigenvalue weighted by Crippen LogP contribution is 2.41. The number of rotatable bonds is 18. The summed E-state index contributed by atoms with van der Waals surface area (Å²) in [6.45, 7) is 21.9. The second kappa shape index (κ2) is 36.3. The predicted octanol–water partition coefficient (Wildman–Crippen LogP) is 12.5. The molecule has 646 valence electrons. The number of carbonyl (C=O) groups is 5. The minimum Gasteiger partial charge on any atom is -0.379 e. The summed E-state index contributed by atoms with van der Waals surface area (Å²) in [6.07, 6.45) is 18.7. The number of aromatic nitrogens is 14. The zero-order chi connectivity index (χ0) is 86.0. The summed E-state index contributed by atoms with van der Waals surface area (Å²) in [5, 5.41) is 47.8. The maximum absolute atomic E-state index is 15.4. The second-order valence-corrected chi connectivity index (χ2v) is 33.3. The average molecular weight is 1680 g/mol. The van der Waals surface area contributed by atoms with Crippen LogP contribution in [-0.2, 0) is 113 Å². The molecule has 5 amide bonds. The second-order valence-electron chi connectivity index (χ2n) is 33.3. The maximum Gasteiger partial charge on any atom is 0.251 e. The molecule has 0 radical (unpaired) electrons. The molecule has 34 heteroatoms. The van der Waals surface area contributed by atoms with Crippen molar-refractivity contribution in [1.29, 1.82) is 0 Å². The van der Waals surface area contributed by atoms with E-state index in [-0.39, 0.29) is 71.2 Å². The minimum atomic E-state index is -0.368. The SMILES string of the molecule is CC(=O)N1CCc2c(c(Nc3cc(C)cc(C(=O)NC(C)C)c3)nn2CC2CC2)C1.CC(=O)N1CCc2c(c(Nc3ccc(-c4cnn(C)c4)c(F)c3)nn2C2CCOC2)C1.CC(=O)N1CCc2c(c(Nc3ccc(-c4cnn(C)c4)cc3F)nn2C2CCOC2)C1.CC(=O)N1CCc2c(c(Nc3cccc(-c4cnn(C)c4)c3F)nn2C2CCOC2)C1. The van der Waals surface area contributed by atoms with E-state index in [1.807, 2.05) is 94.3 Å². The first-order valence-electron chi connectivity index (χ1n) is 42.3. The van der Waals surface area contributed by atoms with Gasteiger partial charge in [0.1, 0.15) is 11.6 Å². The van der Waals surface area contributed by atoms with Crippen molar-refractivity contribution >= 4 is 75.6 Å². The molecule has 19 rings (SSSR count). The third-order valence-electron chi connectivity index (χ3n) is 23.9. The van der Waals surface area contributed by atoms with Crippen molar-refractivity contribution in [2.24, 2.45) is 27.1 Å². The predicted molar refractivity (Wildman–Crippen MR) is 457 cm³/mol. The van der Waals surface area contributed by atoms with E-state index in [9.17, 15) is 32.8 Å². The van der Waals surface area contributed by atoms with Gasteiger partial charge in [-0.3, -0.25) is 56.7 Å². The standard InChI is InChI=1S/C23H31N5O2.3C22H25FN6O2/c1-14(2)24-23(30)18-9-15(3)10-19(11-18)25-22-20-13-27(16(4)29)8-7-21(20)28(26-22)12-17-5-6-17;1-14(30)28-7-5-21-19(12-28)22(26-29(21)17-6-8-31-13-17)25-16-3-4-18(20(23)9-16)15-10-24-27(2)11-15;1-14(30)28-7-5-21-18(12-28)22(26-29(21)17-6-8-31-13-17)25-20-4-3-15(9-19(20)23)16-10-24-27(2)11-16;1-14(30)28-8-6-20-18(12-28)22(26-29(20)16-7-9-31-13-16)25-19-5-3-4-17(21(19)23)15-10-24-27(2)11-15/h9-11,14,17H,5-8,12-13H2,1-4H3,(H,24,30)(H,25,26);2*3-4,9-11,17H,5-8,12-13H2,1-2H3,(H,25,26);3-5,10-11,16H,6-9,12-13H2,1-2H3,(H,25,26). The summed E-state index contributed by atoms with van der Waals surface area (Å²) in [5.41, 5.74) is 16.3. The fourth-order valence-electron chi connectivity index (χ4n) is 17.1. The van der Waals surface area contributed by atoms with Crippen LogP contribution in [-0.4, -0.2) is 189 Å². The molecule has 5 N–H and O–H groups in total. The molecule has 1 saturated carbocycles.